The fraction of sp³-hybridized carbons (Fsp3) is 0.556. The molecule has 2 heterocycles. The molecule has 5 nitrogen and oxygen atoms in total. The summed E-state index contributed by atoms with van der Waals surface area (Å²) in [5.41, 5.74) is 0. The SMILES string of the molecule is OCC1CN(c2ncc(I)cn2)CCO1. The molecule has 1 aliphatic rings. The lowest BCUT2D eigenvalue weighted by Gasteiger charge is -2.31. The lowest BCUT2D eigenvalue weighted by Crippen LogP contribution is -2.44. The van der Waals surface area contributed by atoms with Gasteiger partial charge >= 0.3 is 0 Å². The Morgan fingerprint density at radius 2 is 2.27 bits per heavy atom. The molecule has 0 amide bonds. The van der Waals surface area contributed by atoms with Crippen LogP contribution in [0, 0.1) is 3.57 Å². The first-order valence-corrected chi connectivity index (χ1v) is 5.82. The average Bonchev–Trinajstić information content (AvgIpc) is 2.30. The molecule has 2 rings (SSSR count). The van der Waals surface area contributed by atoms with E-state index in [0.29, 0.717) is 19.1 Å². The second kappa shape index (κ2) is 5.04. The van der Waals surface area contributed by atoms with Crippen LogP contribution >= 0.6 is 22.6 Å². The van der Waals surface area contributed by atoms with Crippen molar-refractivity contribution in [3.8, 4) is 0 Å². The molecule has 0 saturated carbocycles. The number of nitrogens with zero attached hydrogens (tertiary/aromatic N) is 3. The quantitative estimate of drug-likeness (QED) is 0.793. The van der Waals surface area contributed by atoms with Gasteiger partial charge < -0.3 is 14.7 Å². The van der Waals surface area contributed by atoms with Crippen molar-refractivity contribution in [2.75, 3.05) is 31.2 Å². The van der Waals surface area contributed by atoms with Crippen LogP contribution in [0.15, 0.2) is 12.4 Å². The molecule has 1 aromatic heterocycles. The van der Waals surface area contributed by atoms with Crippen molar-refractivity contribution in [3.05, 3.63) is 16.0 Å². The van der Waals surface area contributed by atoms with Crippen LogP contribution in [-0.2, 0) is 4.74 Å². The summed E-state index contributed by atoms with van der Waals surface area (Å²) in [4.78, 5) is 10.5. The highest BCUT2D eigenvalue weighted by atomic mass is 127. The third-order valence-corrected chi connectivity index (χ3v) is 2.79. The minimum atomic E-state index is -0.123. The zero-order valence-corrected chi connectivity index (χ0v) is 10.3. The number of halogens is 1. The van der Waals surface area contributed by atoms with Gasteiger partial charge in [0.25, 0.3) is 0 Å². The number of aromatic nitrogens is 2. The fourth-order valence-corrected chi connectivity index (χ4v) is 1.76. The Balaban J connectivity index is 2.06. The fourth-order valence-electron chi connectivity index (χ4n) is 1.48. The van der Waals surface area contributed by atoms with Gasteiger partial charge in [0.05, 0.1) is 19.3 Å². The summed E-state index contributed by atoms with van der Waals surface area (Å²) < 4.78 is 6.37. The van der Waals surface area contributed by atoms with E-state index in [1.165, 1.54) is 0 Å². The minimum Gasteiger partial charge on any atom is -0.394 e. The molecule has 1 fully saturated rings. The van der Waals surface area contributed by atoms with Crippen molar-refractivity contribution in [1.29, 1.82) is 0 Å². The van der Waals surface area contributed by atoms with Crippen molar-refractivity contribution in [2.45, 2.75) is 6.10 Å². The number of aliphatic hydroxyl groups is 1. The van der Waals surface area contributed by atoms with E-state index < -0.39 is 0 Å². The van der Waals surface area contributed by atoms with E-state index in [9.17, 15) is 0 Å². The van der Waals surface area contributed by atoms with Gasteiger partial charge in [-0.05, 0) is 22.6 Å². The van der Waals surface area contributed by atoms with Crippen LogP contribution in [0.2, 0.25) is 0 Å². The Bertz CT molecular complexity index is 320. The van der Waals surface area contributed by atoms with E-state index in [-0.39, 0.29) is 12.7 Å². The zero-order valence-electron chi connectivity index (χ0n) is 8.14. The smallest absolute Gasteiger partial charge is 0.225 e. The summed E-state index contributed by atoms with van der Waals surface area (Å²) >= 11 is 2.17. The van der Waals surface area contributed by atoms with Crippen LogP contribution in [0.5, 0.6) is 0 Å². The topological polar surface area (TPSA) is 58.5 Å². The Labute approximate surface area is 102 Å². The Hall–Kier alpha value is -0.470. The number of ether oxygens (including phenoxy) is 1. The van der Waals surface area contributed by atoms with Gasteiger partial charge in [0.1, 0.15) is 0 Å². The lowest BCUT2D eigenvalue weighted by atomic mass is 10.3. The standard InChI is InChI=1S/C9H12IN3O2/c10-7-3-11-9(12-4-7)13-1-2-15-8(5-13)6-14/h3-4,8,14H,1-2,5-6H2. The van der Waals surface area contributed by atoms with Crippen molar-refractivity contribution in [1.82, 2.24) is 9.97 Å². The Morgan fingerprint density at radius 1 is 1.53 bits per heavy atom. The summed E-state index contributed by atoms with van der Waals surface area (Å²) in [6.07, 6.45) is 3.44. The number of hydrogen-bond donors (Lipinski definition) is 1. The minimum absolute atomic E-state index is 0.0425. The number of hydrogen-bond acceptors (Lipinski definition) is 5. The Kier molecular flexibility index (Phi) is 3.71. The van der Waals surface area contributed by atoms with Gasteiger partial charge in [-0.25, -0.2) is 9.97 Å². The molecule has 0 bridgehead atoms. The zero-order chi connectivity index (χ0) is 10.7. The summed E-state index contributed by atoms with van der Waals surface area (Å²) in [6, 6.07) is 0. The van der Waals surface area contributed by atoms with E-state index >= 15 is 0 Å². The molecule has 1 saturated heterocycles. The summed E-state index contributed by atoms with van der Waals surface area (Å²) in [5.74, 6) is 0.706. The summed E-state index contributed by atoms with van der Waals surface area (Å²) in [6.45, 7) is 2.08. The monoisotopic (exact) mass is 321 g/mol. The van der Waals surface area contributed by atoms with E-state index in [1.807, 2.05) is 4.90 Å². The van der Waals surface area contributed by atoms with Gasteiger partial charge in [-0.1, -0.05) is 0 Å². The maximum Gasteiger partial charge on any atom is 0.225 e. The third-order valence-electron chi connectivity index (χ3n) is 2.23. The van der Waals surface area contributed by atoms with Crippen LogP contribution in [0.3, 0.4) is 0 Å². The van der Waals surface area contributed by atoms with Crippen LogP contribution in [0.1, 0.15) is 0 Å². The van der Waals surface area contributed by atoms with Crippen molar-refractivity contribution < 1.29 is 9.84 Å². The molecule has 1 aromatic rings. The van der Waals surface area contributed by atoms with Gasteiger partial charge in [-0.15, -0.1) is 0 Å². The van der Waals surface area contributed by atoms with Gasteiger partial charge in [0.15, 0.2) is 0 Å². The highest BCUT2D eigenvalue weighted by molar-refractivity contribution is 14.1. The molecule has 82 valence electrons. The number of rotatable bonds is 2. The number of morpholine rings is 1. The summed E-state index contributed by atoms with van der Waals surface area (Å²) in [5, 5.41) is 9.01. The van der Waals surface area contributed by atoms with E-state index in [4.69, 9.17) is 9.84 Å². The first-order chi connectivity index (χ1) is 7.29. The second-order valence-electron chi connectivity index (χ2n) is 3.32. The van der Waals surface area contributed by atoms with Gasteiger partial charge in [-0.3, -0.25) is 0 Å². The summed E-state index contributed by atoms with van der Waals surface area (Å²) in [7, 11) is 0. The lowest BCUT2D eigenvalue weighted by molar-refractivity contribution is 0.00314. The van der Waals surface area contributed by atoms with Crippen LogP contribution in [0.4, 0.5) is 5.95 Å². The highest BCUT2D eigenvalue weighted by Crippen LogP contribution is 2.12. The van der Waals surface area contributed by atoms with Crippen LogP contribution < -0.4 is 4.90 Å². The van der Waals surface area contributed by atoms with Gasteiger partial charge in [-0.2, -0.15) is 0 Å². The molecule has 1 N–H and O–H groups in total. The largest absolute Gasteiger partial charge is 0.394 e. The van der Waals surface area contributed by atoms with Gasteiger partial charge in [0, 0.05) is 29.1 Å². The first kappa shape index (κ1) is 11.0. The van der Waals surface area contributed by atoms with Crippen molar-refractivity contribution >= 4 is 28.5 Å². The average molecular weight is 321 g/mol. The molecular formula is C9H12IN3O2. The molecule has 6 heteroatoms. The maximum absolute atomic E-state index is 9.01. The molecular weight excluding hydrogens is 309 g/mol. The van der Waals surface area contributed by atoms with E-state index in [0.717, 1.165) is 10.1 Å². The Morgan fingerprint density at radius 3 is 2.93 bits per heavy atom. The van der Waals surface area contributed by atoms with E-state index in [1.54, 1.807) is 12.4 Å². The third kappa shape index (κ3) is 2.76. The van der Waals surface area contributed by atoms with Gasteiger partial charge in [0.2, 0.25) is 5.95 Å². The molecule has 0 radical (unpaired) electrons. The molecule has 0 aliphatic carbocycles. The van der Waals surface area contributed by atoms with Crippen molar-refractivity contribution in [2.24, 2.45) is 0 Å². The van der Waals surface area contributed by atoms with E-state index in [2.05, 4.69) is 32.6 Å². The van der Waals surface area contributed by atoms with Crippen molar-refractivity contribution in [3.63, 3.8) is 0 Å². The predicted molar refractivity (Wildman–Crippen MR) is 63.8 cm³/mol. The van der Waals surface area contributed by atoms with Crippen LogP contribution in [0.25, 0.3) is 0 Å². The highest BCUT2D eigenvalue weighted by Gasteiger charge is 2.21. The maximum atomic E-state index is 9.01. The van der Waals surface area contributed by atoms with Crippen LogP contribution in [-0.4, -0.2) is 47.5 Å². The molecule has 15 heavy (non-hydrogen) atoms. The molecule has 0 aromatic carbocycles. The molecule has 1 atom stereocenters. The number of anilines is 1. The first-order valence-electron chi connectivity index (χ1n) is 4.74. The normalized spacial score (nSPS) is 21.7. The molecule has 1 aliphatic heterocycles. The number of aliphatic hydroxyl groups excluding tert-OH is 1. The second-order valence-corrected chi connectivity index (χ2v) is 4.57. The predicted octanol–water partition coefficient (Wildman–Crippen LogP) is 0.279. The molecule has 0 spiro atoms. The molecule has 1 unspecified atom stereocenters.